The number of esters is 1. The minimum absolute atomic E-state index is 0.0140. The van der Waals surface area contributed by atoms with Gasteiger partial charge in [-0.05, 0) is 37.1 Å². The summed E-state index contributed by atoms with van der Waals surface area (Å²) >= 11 is 0. The van der Waals surface area contributed by atoms with Crippen LogP contribution in [0.1, 0.15) is 32.1 Å². The molecule has 0 radical (unpaired) electrons. The third-order valence-corrected chi connectivity index (χ3v) is 3.79. The Morgan fingerprint density at radius 2 is 1.67 bits per heavy atom. The van der Waals surface area contributed by atoms with Crippen molar-refractivity contribution in [1.29, 1.82) is 0 Å². The minimum Gasteiger partial charge on any atom is -0.497 e. The van der Waals surface area contributed by atoms with Gasteiger partial charge < -0.3 is 14.6 Å². The maximum Gasteiger partial charge on any atom is 0.385 e. The molecule has 116 valence electrons. The van der Waals surface area contributed by atoms with Gasteiger partial charge in [-0.2, -0.15) is 8.78 Å². The molecule has 1 aliphatic rings. The van der Waals surface area contributed by atoms with Crippen LogP contribution < -0.4 is 9.47 Å². The first-order valence-electron chi connectivity index (χ1n) is 6.85. The number of carbonyl (C=O) groups excluding carboxylic acids is 1. The first-order chi connectivity index (χ1) is 9.89. The summed E-state index contributed by atoms with van der Waals surface area (Å²) in [5, 5.41) is 10.1. The second-order valence-electron chi connectivity index (χ2n) is 5.23. The number of methoxy groups -OCH3 is 1. The molecule has 1 aromatic carbocycles. The summed E-state index contributed by atoms with van der Waals surface area (Å²) in [4.78, 5) is 11.7. The van der Waals surface area contributed by atoms with Crippen LogP contribution in [0, 0.1) is 0 Å². The molecule has 0 aromatic heterocycles. The lowest BCUT2D eigenvalue weighted by Crippen LogP contribution is -2.55. The van der Waals surface area contributed by atoms with E-state index in [1.165, 1.54) is 31.4 Å². The molecule has 1 saturated carbocycles. The van der Waals surface area contributed by atoms with Crippen molar-refractivity contribution in [3.05, 3.63) is 24.3 Å². The van der Waals surface area contributed by atoms with Crippen LogP contribution in [0.4, 0.5) is 8.78 Å². The molecule has 0 unspecified atom stereocenters. The highest BCUT2D eigenvalue weighted by Crippen LogP contribution is 2.41. The molecule has 0 aliphatic heterocycles. The summed E-state index contributed by atoms with van der Waals surface area (Å²) in [5.74, 6) is -5.14. The fraction of sp³-hybridized carbons (Fsp3) is 0.533. The van der Waals surface area contributed by atoms with Crippen molar-refractivity contribution in [3.63, 3.8) is 0 Å². The zero-order valence-electron chi connectivity index (χ0n) is 11.8. The van der Waals surface area contributed by atoms with Gasteiger partial charge in [-0.3, -0.25) is 0 Å². The molecule has 1 fully saturated rings. The van der Waals surface area contributed by atoms with E-state index in [1.54, 1.807) is 0 Å². The number of aliphatic hydroxyl groups is 1. The van der Waals surface area contributed by atoms with Gasteiger partial charge in [0.15, 0.2) is 0 Å². The SMILES string of the molecule is COc1ccc(OC(=O)C(F)(F)C2(O)CCCCC2)cc1. The molecule has 0 heterocycles. The van der Waals surface area contributed by atoms with Gasteiger partial charge >= 0.3 is 11.9 Å². The number of hydrogen-bond acceptors (Lipinski definition) is 4. The van der Waals surface area contributed by atoms with Crippen molar-refractivity contribution in [3.8, 4) is 11.5 Å². The van der Waals surface area contributed by atoms with Gasteiger partial charge in [0.25, 0.3) is 0 Å². The number of hydrogen-bond donors (Lipinski definition) is 1. The normalized spacial score (nSPS) is 18.1. The van der Waals surface area contributed by atoms with Crippen LogP contribution in [0.15, 0.2) is 24.3 Å². The van der Waals surface area contributed by atoms with Crippen molar-refractivity contribution in [2.75, 3.05) is 7.11 Å². The predicted octanol–water partition coefficient (Wildman–Crippen LogP) is 2.93. The lowest BCUT2D eigenvalue weighted by atomic mass is 9.80. The van der Waals surface area contributed by atoms with Gasteiger partial charge in [-0.1, -0.05) is 19.3 Å². The number of rotatable bonds is 4. The first kappa shape index (κ1) is 15.7. The summed E-state index contributed by atoms with van der Waals surface area (Å²) in [6, 6.07) is 5.71. The number of benzene rings is 1. The second kappa shape index (κ2) is 5.97. The zero-order valence-corrected chi connectivity index (χ0v) is 11.8. The van der Waals surface area contributed by atoms with E-state index in [1.807, 2.05) is 0 Å². The molecule has 4 nitrogen and oxygen atoms in total. The smallest absolute Gasteiger partial charge is 0.385 e. The highest BCUT2D eigenvalue weighted by atomic mass is 19.3. The Bertz CT molecular complexity index is 493. The molecule has 0 spiro atoms. The molecule has 0 atom stereocenters. The Kier molecular flexibility index (Phi) is 4.46. The van der Waals surface area contributed by atoms with E-state index >= 15 is 0 Å². The van der Waals surface area contributed by atoms with E-state index in [0.717, 1.165) is 6.42 Å². The number of alkyl halides is 2. The number of ether oxygens (including phenoxy) is 2. The van der Waals surface area contributed by atoms with Gasteiger partial charge in [0.2, 0.25) is 0 Å². The van der Waals surface area contributed by atoms with Crippen LogP contribution in [0.25, 0.3) is 0 Å². The third kappa shape index (κ3) is 3.15. The monoisotopic (exact) mass is 300 g/mol. The molecule has 2 rings (SSSR count). The predicted molar refractivity (Wildman–Crippen MR) is 71.6 cm³/mol. The van der Waals surface area contributed by atoms with Gasteiger partial charge in [0.1, 0.15) is 17.1 Å². The van der Waals surface area contributed by atoms with Crippen molar-refractivity contribution in [2.24, 2.45) is 0 Å². The van der Waals surface area contributed by atoms with Crippen LogP contribution in [0.5, 0.6) is 11.5 Å². The average molecular weight is 300 g/mol. The van der Waals surface area contributed by atoms with E-state index in [9.17, 15) is 18.7 Å². The van der Waals surface area contributed by atoms with Gasteiger partial charge in [0.05, 0.1) is 7.11 Å². The summed E-state index contributed by atoms with van der Waals surface area (Å²) in [6.07, 6.45) is 1.53. The fourth-order valence-electron chi connectivity index (χ4n) is 2.46. The average Bonchev–Trinajstić information content (AvgIpc) is 2.48. The third-order valence-electron chi connectivity index (χ3n) is 3.79. The summed E-state index contributed by atoms with van der Waals surface area (Å²) in [7, 11) is 1.47. The lowest BCUT2D eigenvalue weighted by molar-refractivity contribution is -0.213. The highest BCUT2D eigenvalue weighted by Gasteiger charge is 2.59. The van der Waals surface area contributed by atoms with Crippen LogP contribution in [-0.2, 0) is 4.79 Å². The first-order valence-corrected chi connectivity index (χ1v) is 6.85. The molecule has 1 aliphatic carbocycles. The van der Waals surface area contributed by atoms with E-state index in [-0.39, 0.29) is 18.6 Å². The van der Waals surface area contributed by atoms with Gasteiger partial charge in [0, 0.05) is 0 Å². The van der Waals surface area contributed by atoms with E-state index in [4.69, 9.17) is 9.47 Å². The summed E-state index contributed by atoms with van der Waals surface area (Å²) in [5.41, 5.74) is -2.31. The fourth-order valence-corrected chi connectivity index (χ4v) is 2.46. The Balaban J connectivity index is 2.10. The molecule has 0 bridgehead atoms. The van der Waals surface area contributed by atoms with Crippen molar-refractivity contribution in [2.45, 2.75) is 43.6 Å². The molecule has 1 N–H and O–H groups in total. The Hall–Kier alpha value is -1.69. The Morgan fingerprint density at radius 1 is 1.14 bits per heavy atom. The molecule has 6 heteroatoms. The molecule has 0 amide bonds. The highest BCUT2D eigenvalue weighted by molar-refractivity contribution is 5.81. The minimum atomic E-state index is -3.92. The van der Waals surface area contributed by atoms with Crippen molar-refractivity contribution >= 4 is 5.97 Å². The number of carbonyl (C=O) groups is 1. The van der Waals surface area contributed by atoms with Crippen molar-refractivity contribution in [1.82, 2.24) is 0 Å². The van der Waals surface area contributed by atoms with E-state index in [2.05, 4.69) is 0 Å². The number of halogens is 2. The molecular weight excluding hydrogens is 282 g/mol. The maximum atomic E-state index is 14.2. The quantitative estimate of drug-likeness (QED) is 0.686. The summed E-state index contributed by atoms with van der Waals surface area (Å²) < 4.78 is 38.0. The van der Waals surface area contributed by atoms with Gasteiger partial charge in [-0.15, -0.1) is 0 Å². The largest absolute Gasteiger partial charge is 0.497 e. The van der Waals surface area contributed by atoms with Crippen LogP contribution in [0.3, 0.4) is 0 Å². The van der Waals surface area contributed by atoms with Crippen LogP contribution in [0.2, 0.25) is 0 Å². The molecule has 1 aromatic rings. The second-order valence-corrected chi connectivity index (χ2v) is 5.23. The van der Waals surface area contributed by atoms with E-state index < -0.39 is 17.5 Å². The standard InChI is InChI=1S/C15H18F2O4/c1-20-11-5-7-12(8-6-11)21-13(18)15(16,17)14(19)9-3-2-4-10-14/h5-8,19H,2-4,9-10H2,1H3. The maximum absolute atomic E-state index is 14.2. The van der Waals surface area contributed by atoms with Crippen LogP contribution in [-0.4, -0.2) is 29.7 Å². The molecule has 0 saturated heterocycles. The lowest BCUT2D eigenvalue weighted by Gasteiger charge is -2.36. The zero-order chi connectivity index (χ0) is 15.5. The molecule has 21 heavy (non-hydrogen) atoms. The van der Waals surface area contributed by atoms with Gasteiger partial charge in [-0.25, -0.2) is 4.79 Å². The van der Waals surface area contributed by atoms with Crippen LogP contribution >= 0.6 is 0 Å². The Morgan fingerprint density at radius 3 is 2.19 bits per heavy atom. The van der Waals surface area contributed by atoms with Crippen molar-refractivity contribution < 1.29 is 28.2 Å². The summed E-state index contributed by atoms with van der Waals surface area (Å²) in [6.45, 7) is 0. The molecular formula is C15H18F2O4. The van der Waals surface area contributed by atoms with E-state index in [0.29, 0.717) is 18.6 Å². The Labute approximate surface area is 121 Å². The topological polar surface area (TPSA) is 55.8 Å².